The summed E-state index contributed by atoms with van der Waals surface area (Å²) in [7, 11) is 2.06. The van der Waals surface area contributed by atoms with Crippen LogP contribution in [0, 0.1) is 5.92 Å². The summed E-state index contributed by atoms with van der Waals surface area (Å²) < 4.78 is 29.4. The molecule has 0 heterocycles. The van der Waals surface area contributed by atoms with Crippen LogP contribution in [0.4, 0.5) is 0 Å². The van der Waals surface area contributed by atoms with E-state index in [0.29, 0.717) is 17.6 Å². The topological polar surface area (TPSA) is 65.0 Å². The minimum absolute atomic E-state index is 0.190. The Morgan fingerprint density at radius 1 is 0.900 bits per heavy atom. The SMILES string of the molecule is CCCCCCCCCCCCOC[C@@H]1CCC[C@H]1OP(=O)(O)OCC[N+](C)(C)C. The fourth-order valence-electron chi connectivity index (χ4n) is 3.89. The van der Waals surface area contributed by atoms with Crippen LogP contribution in [0.3, 0.4) is 0 Å². The van der Waals surface area contributed by atoms with Crippen LogP contribution in [-0.2, 0) is 18.3 Å². The van der Waals surface area contributed by atoms with Crippen LogP contribution >= 0.6 is 7.82 Å². The third kappa shape index (κ3) is 14.9. The molecule has 30 heavy (non-hydrogen) atoms. The summed E-state index contributed by atoms with van der Waals surface area (Å²) in [6.07, 6.45) is 15.7. The predicted octanol–water partition coefficient (Wildman–Crippen LogP) is 5.93. The molecule has 7 heteroatoms. The van der Waals surface area contributed by atoms with Gasteiger partial charge in [0.15, 0.2) is 0 Å². The van der Waals surface area contributed by atoms with Gasteiger partial charge in [0.25, 0.3) is 0 Å². The fraction of sp³-hybridized carbons (Fsp3) is 1.00. The zero-order chi connectivity index (χ0) is 22.3. The summed E-state index contributed by atoms with van der Waals surface area (Å²) in [5.41, 5.74) is 0. The van der Waals surface area contributed by atoms with Crippen molar-refractivity contribution in [1.29, 1.82) is 0 Å². The van der Waals surface area contributed by atoms with Gasteiger partial charge in [-0.2, -0.15) is 0 Å². The Balaban J connectivity index is 2.07. The highest BCUT2D eigenvalue weighted by atomic mass is 31.2. The molecular weight excluding hydrogens is 401 g/mol. The summed E-state index contributed by atoms with van der Waals surface area (Å²) in [5.74, 6) is 0.190. The number of rotatable bonds is 19. The van der Waals surface area contributed by atoms with Crippen molar-refractivity contribution in [3.8, 4) is 0 Å². The zero-order valence-corrected chi connectivity index (χ0v) is 21.0. The number of quaternary nitrogens is 1. The summed E-state index contributed by atoms with van der Waals surface area (Å²) in [4.78, 5) is 10.0. The van der Waals surface area contributed by atoms with Gasteiger partial charge in [-0.1, -0.05) is 71.1 Å². The van der Waals surface area contributed by atoms with Crippen LogP contribution in [0.5, 0.6) is 0 Å². The highest BCUT2D eigenvalue weighted by Gasteiger charge is 2.35. The summed E-state index contributed by atoms with van der Waals surface area (Å²) >= 11 is 0. The predicted molar refractivity (Wildman–Crippen MR) is 124 cm³/mol. The fourth-order valence-corrected chi connectivity index (χ4v) is 4.88. The Labute approximate surface area is 185 Å². The first-order valence-corrected chi connectivity index (χ1v) is 13.8. The molecule has 0 bridgehead atoms. The lowest BCUT2D eigenvalue weighted by Gasteiger charge is -2.25. The number of phosphoric acid groups is 1. The van der Waals surface area contributed by atoms with Crippen LogP contribution in [0.2, 0.25) is 0 Å². The molecule has 0 aromatic carbocycles. The first kappa shape index (κ1) is 28.1. The molecule has 1 saturated carbocycles. The summed E-state index contributed by atoms with van der Waals surface area (Å²) in [6.45, 7) is 4.52. The third-order valence-electron chi connectivity index (χ3n) is 5.85. The van der Waals surface area contributed by atoms with E-state index in [1.807, 2.05) is 21.1 Å². The quantitative estimate of drug-likeness (QED) is 0.150. The third-order valence-corrected chi connectivity index (χ3v) is 6.89. The molecule has 0 radical (unpaired) electrons. The second-order valence-electron chi connectivity index (χ2n) is 9.91. The van der Waals surface area contributed by atoms with Gasteiger partial charge in [-0.05, 0) is 19.3 Å². The minimum Gasteiger partial charge on any atom is -0.381 e. The Hall–Kier alpha value is 0.0300. The number of nitrogens with zero attached hydrogens (tertiary/aromatic N) is 1. The van der Waals surface area contributed by atoms with E-state index < -0.39 is 7.82 Å². The highest BCUT2D eigenvalue weighted by Crippen LogP contribution is 2.48. The summed E-state index contributed by atoms with van der Waals surface area (Å²) in [6, 6.07) is 0. The maximum Gasteiger partial charge on any atom is 0.472 e. The van der Waals surface area contributed by atoms with E-state index in [2.05, 4.69) is 6.92 Å². The molecule has 1 rings (SSSR count). The normalized spacial score (nSPS) is 21.8. The van der Waals surface area contributed by atoms with Gasteiger partial charge < -0.3 is 14.1 Å². The Kier molecular flexibility index (Phi) is 14.8. The zero-order valence-electron chi connectivity index (χ0n) is 20.2. The maximum absolute atomic E-state index is 12.2. The van der Waals surface area contributed by atoms with E-state index in [0.717, 1.165) is 32.3 Å². The molecular formula is C23H49NO5P+. The van der Waals surface area contributed by atoms with Crippen molar-refractivity contribution >= 4 is 7.82 Å². The van der Waals surface area contributed by atoms with E-state index in [1.54, 1.807) is 0 Å². The van der Waals surface area contributed by atoms with Gasteiger partial charge >= 0.3 is 7.82 Å². The lowest BCUT2D eigenvalue weighted by atomic mass is 10.1. The molecule has 0 amide bonds. The smallest absolute Gasteiger partial charge is 0.381 e. The van der Waals surface area contributed by atoms with Gasteiger partial charge in [0, 0.05) is 12.5 Å². The number of hydrogen-bond donors (Lipinski definition) is 1. The van der Waals surface area contributed by atoms with Crippen molar-refractivity contribution in [2.45, 2.75) is 96.5 Å². The average Bonchev–Trinajstić information content (AvgIpc) is 3.07. The van der Waals surface area contributed by atoms with Gasteiger partial charge in [-0.3, -0.25) is 9.05 Å². The minimum atomic E-state index is -4.00. The molecule has 0 saturated heterocycles. The molecule has 1 N–H and O–H groups in total. The highest BCUT2D eigenvalue weighted by molar-refractivity contribution is 7.47. The van der Waals surface area contributed by atoms with Crippen molar-refractivity contribution in [3.05, 3.63) is 0 Å². The van der Waals surface area contributed by atoms with Crippen molar-refractivity contribution in [1.82, 2.24) is 0 Å². The van der Waals surface area contributed by atoms with Gasteiger partial charge in [-0.15, -0.1) is 0 Å². The van der Waals surface area contributed by atoms with Gasteiger partial charge in [0.05, 0.1) is 33.9 Å². The Bertz CT molecular complexity index is 469. The molecule has 1 unspecified atom stereocenters. The second kappa shape index (κ2) is 15.8. The van der Waals surface area contributed by atoms with Crippen LogP contribution in [0.15, 0.2) is 0 Å². The molecule has 180 valence electrons. The molecule has 0 spiro atoms. The van der Waals surface area contributed by atoms with Gasteiger partial charge in [-0.25, -0.2) is 4.57 Å². The molecule has 0 aliphatic heterocycles. The van der Waals surface area contributed by atoms with Gasteiger partial charge in [0.1, 0.15) is 13.2 Å². The largest absolute Gasteiger partial charge is 0.472 e. The number of hydrogen-bond acceptors (Lipinski definition) is 4. The number of likely N-dealkylation sites (N-methyl/N-ethyl adjacent to an activating group) is 1. The van der Waals surface area contributed by atoms with Crippen molar-refractivity contribution in [3.63, 3.8) is 0 Å². The van der Waals surface area contributed by atoms with Crippen molar-refractivity contribution in [2.24, 2.45) is 5.92 Å². The Morgan fingerprint density at radius 2 is 1.50 bits per heavy atom. The molecule has 0 aromatic rings. The molecule has 1 fully saturated rings. The molecule has 1 aliphatic carbocycles. The average molecular weight is 451 g/mol. The standard InChI is InChI=1S/C23H48NO5P/c1-5-6-7-8-9-10-11-12-13-14-19-27-21-22-16-15-17-23(22)29-30(25,26)28-20-18-24(2,3)4/h22-23H,5-21H2,1-4H3/p+1/t22-,23+/m0/s1. The van der Waals surface area contributed by atoms with E-state index in [-0.39, 0.29) is 18.6 Å². The lowest BCUT2D eigenvalue weighted by Crippen LogP contribution is -2.37. The molecule has 6 nitrogen and oxygen atoms in total. The molecule has 3 atom stereocenters. The van der Waals surface area contributed by atoms with Crippen molar-refractivity contribution < 1.29 is 27.7 Å². The number of phosphoric ester groups is 1. The number of ether oxygens (including phenoxy) is 1. The van der Waals surface area contributed by atoms with Crippen LogP contribution in [0.25, 0.3) is 0 Å². The van der Waals surface area contributed by atoms with E-state index >= 15 is 0 Å². The van der Waals surface area contributed by atoms with Crippen LogP contribution < -0.4 is 0 Å². The monoisotopic (exact) mass is 450 g/mol. The lowest BCUT2D eigenvalue weighted by molar-refractivity contribution is -0.870. The maximum atomic E-state index is 12.2. The van der Waals surface area contributed by atoms with Crippen LogP contribution in [0.1, 0.15) is 90.4 Å². The first-order chi connectivity index (χ1) is 14.2. The Morgan fingerprint density at radius 3 is 2.10 bits per heavy atom. The van der Waals surface area contributed by atoms with Crippen molar-refractivity contribution in [2.75, 3.05) is 47.5 Å². The van der Waals surface area contributed by atoms with E-state index in [1.165, 1.54) is 57.8 Å². The summed E-state index contributed by atoms with van der Waals surface area (Å²) in [5, 5.41) is 0. The van der Waals surface area contributed by atoms with E-state index in [4.69, 9.17) is 13.8 Å². The molecule has 1 aliphatic rings. The molecule has 0 aromatic heterocycles. The van der Waals surface area contributed by atoms with Gasteiger partial charge in [0.2, 0.25) is 0 Å². The van der Waals surface area contributed by atoms with E-state index in [9.17, 15) is 9.46 Å². The first-order valence-electron chi connectivity index (χ1n) is 12.3. The second-order valence-corrected chi connectivity index (χ2v) is 11.3. The van der Waals surface area contributed by atoms with Crippen LogP contribution in [-0.4, -0.2) is 63.0 Å². The number of unbranched alkanes of at least 4 members (excludes halogenated alkanes) is 9.